The van der Waals surface area contributed by atoms with Gasteiger partial charge < -0.3 is 0 Å². The Labute approximate surface area is 101 Å². The van der Waals surface area contributed by atoms with Crippen molar-refractivity contribution in [3.05, 3.63) is 0 Å². The van der Waals surface area contributed by atoms with Crippen LogP contribution in [0.2, 0.25) is 0 Å². The average molecular weight is 218 g/mol. The van der Waals surface area contributed by atoms with E-state index in [0.29, 0.717) is 0 Å². The van der Waals surface area contributed by atoms with Crippen LogP contribution in [0.1, 0.15) is 88.5 Å². The number of unbranched alkanes of at least 4 members (excludes halogenated alkanes) is 2. The summed E-state index contributed by atoms with van der Waals surface area (Å²) >= 11 is 0. The topological polar surface area (TPSA) is 0 Å². The van der Waals surface area contributed by atoms with E-state index in [1.807, 2.05) is 27.7 Å². The zero-order valence-corrected chi connectivity index (χ0v) is 13.3. The Bertz CT molecular complexity index is 45.1. The fourth-order valence-corrected chi connectivity index (χ4v) is 0.354. The van der Waals surface area contributed by atoms with Crippen molar-refractivity contribution in [3.8, 4) is 0 Å². The third-order valence-corrected chi connectivity index (χ3v) is 2.04. The summed E-state index contributed by atoms with van der Waals surface area (Å²) in [6.45, 7) is 21.4. The van der Waals surface area contributed by atoms with Gasteiger partial charge in [-0.1, -0.05) is 88.5 Å². The van der Waals surface area contributed by atoms with Gasteiger partial charge in [0.15, 0.2) is 0 Å². The van der Waals surface area contributed by atoms with Crippen LogP contribution in [-0.2, 0) is 0 Å². The van der Waals surface area contributed by atoms with Gasteiger partial charge >= 0.3 is 0 Å². The highest BCUT2D eigenvalue weighted by molar-refractivity contribution is 4.46. The molecule has 0 aromatic rings. The highest BCUT2D eigenvalue weighted by atomic mass is 14.0. The lowest BCUT2D eigenvalue weighted by molar-refractivity contribution is 0.457. The molecular weight excluding hydrogens is 180 g/mol. The Kier molecular flexibility index (Phi) is 47.3. The largest absolute Gasteiger partial charge is 0.0683 e. The number of hydrogen-bond donors (Lipinski definition) is 0. The molecule has 0 unspecified atom stereocenters. The van der Waals surface area contributed by atoms with Crippen LogP contribution < -0.4 is 0 Å². The van der Waals surface area contributed by atoms with E-state index in [2.05, 4.69) is 41.5 Å². The molecule has 0 aromatic carbocycles. The summed E-state index contributed by atoms with van der Waals surface area (Å²) in [5.41, 5.74) is 0. The predicted octanol–water partition coefficient (Wildman–Crippen LogP) is 6.55. The molecule has 0 N–H and O–H groups in total. The maximum Gasteiger partial charge on any atom is -0.0448 e. The Hall–Kier alpha value is 0. The van der Waals surface area contributed by atoms with E-state index in [-0.39, 0.29) is 0 Å². The summed E-state index contributed by atoms with van der Waals surface area (Å²) in [4.78, 5) is 0. The molecule has 98 valence electrons. The first-order valence-electron chi connectivity index (χ1n) is 7.06. The maximum atomic E-state index is 2.24. The van der Waals surface area contributed by atoms with Crippen molar-refractivity contribution in [2.45, 2.75) is 88.5 Å². The summed E-state index contributed by atoms with van der Waals surface area (Å²) in [6, 6.07) is 0. The highest BCUT2D eigenvalue weighted by Gasteiger charge is 1.95. The molecule has 0 nitrogen and oxygen atoms in total. The van der Waals surface area contributed by atoms with Crippen molar-refractivity contribution < 1.29 is 0 Å². The number of hydrogen-bond acceptors (Lipinski definition) is 0. The van der Waals surface area contributed by atoms with Gasteiger partial charge in [0, 0.05) is 0 Å². The molecule has 0 saturated carbocycles. The second-order valence-electron chi connectivity index (χ2n) is 3.84. The summed E-state index contributed by atoms with van der Waals surface area (Å²) < 4.78 is 0. The Balaban J connectivity index is -0.0000000610. The van der Waals surface area contributed by atoms with Crippen molar-refractivity contribution in [1.82, 2.24) is 0 Å². The van der Waals surface area contributed by atoms with Gasteiger partial charge in [-0.25, -0.2) is 0 Å². The zero-order valence-electron chi connectivity index (χ0n) is 13.3. The van der Waals surface area contributed by atoms with E-state index in [0.717, 1.165) is 11.8 Å². The van der Waals surface area contributed by atoms with Gasteiger partial charge in [-0.05, 0) is 11.8 Å². The lowest BCUT2D eigenvalue weighted by Crippen LogP contribution is -1.95. The molecule has 0 heteroatoms. The van der Waals surface area contributed by atoms with Gasteiger partial charge in [-0.15, -0.1) is 0 Å². The Morgan fingerprint density at radius 1 is 0.600 bits per heavy atom. The molecule has 15 heavy (non-hydrogen) atoms. The smallest absolute Gasteiger partial charge is 0.0448 e. The van der Waals surface area contributed by atoms with Crippen LogP contribution in [0, 0.1) is 11.8 Å². The molecule has 0 radical (unpaired) electrons. The molecule has 0 aliphatic carbocycles. The Morgan fingerprint density at radius 2 is 0.800 bits per heavy atom. The first-order valence-corrected chi connectivity index (χ1v) is 7.06. The fourth-order valence-electron chi connectivity index (χ4n) is 0.354. The van der Waals surface area contributed by atoms with E-state index < -0.39 is 0 Å². The second-order valence-corrected chi connectivity index (χ2v) is 3.84. The van der Waals surface area contributed by atoms with Crippen LogP contribution in [0.15, 0.2) is 0 Å². The van der Waals surface area contributed by atoms with Crippen molar-refractivity contribution in [2.24, 2.45) is 11.8 Å². The summed E-state index contributed by atoms with van der Waals surface area (Å²) in [5.74, 6) is 1.70. The van der Waals surface area contributed by atoms with Crippen LogP contribution in [0.25, 0.3) is 0 Å². The van der Waals surface area contributed by atoms with Gasteiger partial charge in [0.1, 0.15) is 0 Å². The monoisotopic (exact) mass is 218 g/mol. The van der Waals surface area contributed by atoms with Gasteiger partial charge in [-0.2, -0.15) is 0 Å². The molecule has 0 aliphatic heterocycles. The predicted molar refractivity (Wildman–Crippen MR) is 77.6 cm³/mol. The van der Waals surface area contributed by atoms with E-state index in [1.165, 1.54) is 19.3 Å². The van der Waals surface area contributed by atoms with Gasteiger partial charge in [0.25, 0.3) is 0 Å². The van der Waals surface area contributed by atoms with Crippen LogP contribution in [-0.4, -0.2) is 0 Å². The van der Waals surface area contributed by atoms with Crippen molar-refractivity contribution in [3.63, 3.8) is 0 Å². The zero-order chi connectivity index (χ0) is 13.3. The maximum absolute atomic E-state index is 2.24. The third kappa shape index (κ3) is 56.0. The SMILES string of the molecule is CC.CC.CC(C)C(C)C.CCCCC. The summed E-state index contributed by atoms with van der Waals surface area (Å²) in [7, 11) is 0. The quantitative estimate of drug-likeness (QED) is 0.504. The summed E-state index contributed by atoms with van der Waals surface area (Å²) in [5, 5.41) is 0. The van der Waals surface area contributed by atoms with Crippen LogP contribution in [0.5, 0.6) is 0 Å². The summed E-state index contributed by atoms with van der Waals surface area (Å²) in [6.07, 6.45) is 4.08. The minimum absolute atomic E-state index is 0.852. The van der Waals surface area contributed by atoms with Crippen LogP contribution >= 0.6 is 0 Å². The molecule has 0 rings (SSSR count). The molecule has 0 fully saturated rings. The third-order valence-electron chi connectivity index (χ3n) is 2.04. The standard InChI is InChI=1S/C6H14.C5H12.2C2H6/c1-5(2)6(3)4;1-3-5-4-2;2*1-2/h5-6H,1-4H3;3-5H2,1-2H3;2*1-2H3. The molecule has 0 spiro atoms. The molecule has 0 aliphatic rings. The molecule has 0 bridgehead atoms. The normalized spacial score (nSPS) is 8.00. The van der Waals surface area contributed by atoms with Crippen LogP contribution in [0.4, 0.5) is 0 Å². The minimum Gasteiger partial charge on any atom is -0.0683 e. The molecule has 0 saturated heterocycles. The fraction of sp³-hybridized carbons (Fsp3) is 1.00. The molecule has 0 atom stereocenters. The Morgan fingerprint density at radius 3 is 0.800 bits per heavy atom. The first-order chi connectivity index (χ1) is 7.06. The second kappa shape index (κ2) is 29.2. The number of rotatable bonds is 3. The van der Waals surface area contributed by atoms with Crippen molar-refractivity contribution >= 4 is 0 Å². The van der Waals surface area contributed by atoms with E-state index in [9.17, 15) is 0 Å². The lowest BCUT2D eigenvalue weighted by atomic mass is 10.0. The van der Waals surface area contributed by atoms with Crippen molar-refractivity contribution in [2.75, 3.05) is 0 Å². The molecule has 0 amide bonds. The van der Waals surface area contributed by atoms with Crippen LogP contribution in [0.3, 0.4) is 0 Å². The highest BCUT2D eigenvalue weighted by Crippen LogP contribution is 2.05. The van der Waals surface area contributed by atoms with E-state index >= 15 is 0 Å². The van der Waals surface area contributed by atoms with Gasteiger partial charge in [-0.3, -0.25) is 0 Å². The van der Waals surface area contributed by atoms with E-state index in [1.54, 1.807) is 0 Å². The van der Waals surface area contributed by atoms with Gasteiger partial charge in [0.2, 0.25) is 0 Å². The van der Waals surface area contributed by atoms with Gasteiger partial charge in [0.05, 0.1) is 0 Å². The van der Waals surface area contributed by atoms with Crippen molar-refractivity contribution in [1.29, 1.82) is 0 Å². The van der Waals surface area contributed by atoms with E-state index in [4.69, 9.17) is 0 Å². The molecule has 0 heterocycles. The first kappa shape index (κ1) is 24.3. The average Bonchev–Trinajstić information content (AvgIpc) is 2.25. The minimum atomic E-state index is 0.852. The molecule has 0 aromatic heterocycles. The lowest BCUT2D eigenvalue weighted by Gasteiger charge is -2.05. The molecular formula is C15H38.